The second-order valence-electron chi connectivity index (χ2n) is 4.76. The molecule has 0 aliphatic carbocycles. The van der Waals surface area contributed by atoms with Crippen LogP contribution in [0, 0.1) is 6.92 Å². The van der Waals surface area contributed by atoms with Crippen molar-refractivity contribution in [3.8, 4) is 0 Å². The number of nitrogens with zero attached hydrogens (tertiary/aromatic N) is 1. The van der Waals surface area contributed by atoms with Crippen LogP contribution in [-0.4, -0.2) is 41.6 Å². The second-order valence-corrected chi connectivity index (χ2v) is 5.15. The number of ether oxygens (including phenoxy) is 2. The molecule has 0 aliphatic heterocycles. The van der Waals surface area contributed by atoms with Crippen molar-refractivity contribution in [2.24, 2.45) is 4.99 Å². The van der Waals surface area contributed by atoms with Gasteiger partial charge in [-0.05, 0) is 50.7 Å². The molecule has 0 spiro atoms. The van der Waals surface area contributed by atoms with E-state index in [9.17, 15) is 14.7 Å². The Morgan fingerprint density at radius 3 is 2.48 bits per heavy atom. The third-order valence-electron chi connectivity index (χ3n) is 2.80. The van der Waals surface area contributed by atoms with Crippen LogP contribution in [0.3, 0.4) is 0 Å². The van der Waals surface area contributed by atoms with Gasteiger partial charge in [0, 0.05) is 11.9 Å². The van der Waals surface area contributed by atoms with Gasteiger partial charge in [-0.25, -0.2) is 14.6 Å². The molecule has 25 heavy (non-hydrogen) atoms. The van der Waals surface area contributed by atoms with E-state index in [2.05, 4.69) is 15.0 Å². The van der Waals surface area contributed by atoms with Crippen molar-refractivity contribution < 1.29 is 24.2 Å². The Morgan fingerprint density at radius 2 is 1.88 bits per heavy atom. The smallest absolute Gasteiger partial charge is 0.374 e. The Labute approximate surface area is 151 Å². The minimum Gasteiger partial charge on any atom is -0.501 e. The summed E-state index contributed by atoms with van der Waals surface area (Å²) in [6.07, 6.45) is 0.968. The van der Waals surface area contributed by atoms with Gasteiger partial charge in [-0.15, -0.1) is 0 Å². The lowest BCUT2D eigenvalue weighted by Crippen LogP contribution is -2.18. The van der Waals surface area contributed by atoms with Gasteiger partial charge < -0.3 is 19.9 Å². The highest BCUT2D eigenvalue weighted by Crippen LogP contribution is 2.10. The first-order chi connectivity index (χ1) is 11.9. The first-order valence-electron chi connectivity index (χ1n) is 7.58. The number of carbonyl (C=O) groups excluding carboxylic acids is 2. The number of esters is 2. The van der Waals surface area contributed by atoms with Gasteiger partial charge in [0.1, 0.15) is 5.57 Å². The molecular weight excluding hydrogens is 344 g/mol. The number of aryl methyl sites for hydroxylation is 1. The quantitative estimate of drug-likeness (QED) is 0.263. The van der Waals surface area contributed by atoms with Crippen LogP contribution in [0.4, 0.5) is 5.69 Å². The Hall–Kier alpha value is -2.74. The predicted octanol–water partition coefficient (Wildman–Crippen LogP) is 2.70. The van der Waals surface area contributed by atoms with E-state index in [1.807, 2.05) is 25.1 Å². The standard InChI is InChI=1S/C17H20N2O5S/c1-4-23-15(21)13(14(20)16(22)24-5-2)10-18-17(25)19-12-8-6-7-11(3)9-12/h6-10,20H,4-5H2,1-3H3,(H,19,25). The van der Waals surface area contributed by atoms with E-state index in [4.69, 9.17) is 17.0 Å². The monoisotopic (exact) mass is 364 g/mol. The lowest BCUT2D eigenvalue weighted by Gasteiger charge is -2.07. The SMILES string of the molecule is CCOC(=O)C(O)=C(C=NC(=S)Nc1cccc(C)c1)C(=O)OCC. The first-order valence-corrected chi connectivity index (χ1v) is 7.99. The molecule has 8 heteroatoms. The van der Waals surface area contributed by atoms with E-state index in [-0.39, 0.29) is 18.3 Å². The van der Waals surface area contributed by atoms with Crippen LogP contribution >= 0.6 is 12.2 Å². The van der Waals surface area contributed by atoms with Gasteiger partial charge in [0.25, 0.3) is 0 Å². The maximum Gasteiger partial charge on any atom is 0.374 e. The average molecular weight is 364 g/mol. The topological polar surface area (TPSA) is 97.2 Å². The Bertz CT molecular complexity index is 713. The zero-order chi connectivity index (χ0) is 18.8. The molecule has 0 heterocycles. The summed E-state index contributed by atoms with van der Waals surface area (Å²) >= 11 is 5.07. The molecule has 0 aliphatic rings. The molecule has 1 aromatic rings. The van der Waals surface area contributed by atoms with Gasteiger partial charge >= 0.3 is 11.9 Å². The van der Waals surface area contributed by atoms with Crippen molar-refractivity contribution in [1.29, 1.82) is 0 Å². The highest BCUT2D eigenvalue weighted by atomic mass is 32.1. The lowest BCUT2D eigenvalue weighted by molar-refractivity contribution is -0.143. The van der Waals surface area contributed by atoms with Gasteiger partial charge in [0.2, 0.25) is 5.76 Å². The molecule has 0 saturated carbocycles. The normalized spacial score (nSPS) is 11.6. The van der Waals surface area contributed by atoms with Crippen molar-refractivity contribution in [1.82, 2.24) is 0 Å². The number of benzene rings is 1. The average Bonchev–Trinajstić information content (AvgIpc) is 2.55. The Balaban J connectivity index is 2.97. The highest BCUT2D eigenvalue weighted by molar-refractivity contribution is 7.80. The van der Waals surface area contributed by atoms with E-state index in [0.717, 1.165) is 17.5 Å². The largest absolute Gasteiger partial charge is 0.501 e. The summed E-state index contributed by atoms with van der Waals surface area (Å²) in [5, 5.41) is 12.8. The van der Waals surface area contributed by atoms with E-state index in [1.165, 1.54) is 0 Å². The molecule has 0 saturated heterocycles. The van der Waals surface area contributed by atoms with Crippen LogP contribution in [0.5, 0.6) is 0 Å². The number of anilines is 1. The summed E-state index contributed by atoms with van der Waals surface area (Å²) in [4.78, 5) is 27.4. The zero-order valence-electron chi connectivity index (χ0n) is 14.2. The Morgan fingerprint density at radius 1 is 1.24 bits per heavy atom. The summed E-state index contributed by atoms with van der Waals surface area (Å²) in [7, 11) is 0. The number of hydrogen-bond donors (Lipinski definition) is 2. The van der Waals surface area contributed by atoms with Crippen LogP contribution in [-0.2, 0) is 19.1 Å². The number of rotatable bonds is 6. The number of carbonyl (C=O) groups is 2. The summed E-state index contributed by atoms with van der Waals surface area (Å²) in [5.74, 6) is -2.84. The summed E-state index contributed by atoms with van der Waals surface area (Å²) < 4.78 is 9.46. The number of aliphatic hydroxyl groups excluding tert-OH is 1. The lowest BCUT2D eigenvalue weighted by atomic mass is 10.2. The van der Waals surface area contributed by atoms with Gasteiger partial charge in [0.15, 0.2) is 5.11 Å². The maximum absolute atomic E-state index is 11.9. The zero-order valence-corrected chi connectivity index (χ0v) is 15.1. The van der Waals surface area contributed by atoms with E-state index in [1.54, 1.807) is 19.9 Å². The van der Waals surface area contributed by atoms with Gasteiger partial charge in [-0.2, -0.15) is 0 Å². The fourth-order valence-corrected chi connectivity index (χ4v) is 1.90. The van der Waals surface area contributed by atoms with Crippen molar-refractivity contribution in [2.75, 3.05) is 18.5 Å². The fourth-order valence-electron chi connectivity index (χ4n) is 1.73. The fraction of sp³-hybridized carbons (Fsp3) is 0.294. The Kier molecular flexibility index (Phi) is 8.28. The molecule has 0 fully saturated rings. The molecular formula is C17H20N2O5S. The molecule has 7 nitrogen and oxygen atoms in total. The number of hydrogen-bond acceptors (Lipinski definition) is 6. The maximum atomic E-state index is 11.9. The number of aliphatic hydroxyl groups is 1. The van der Waals surface area contributed by atoms with Crippen LogP contribution in [0.1, 0.15) is 19.4 Å². The summed E-state index contributed by atoms with van der Waals surface area (Å²) in [6, 6.07) is 7.43. The van der Waals surface area contributed by atoms with E-state index >= 15 is 0 Å². The van der Waals surface area contributed by atoms with Crippen LogP contribution < -0.4 is 5.32 Å². The minimum atomic E-state index is -1.05. The molecule has 0 amide bonds. The molecule has 0 aromatic heterocycles. The van der Waals surface area contributed by atoms with Crippen LogP contribution in [0.25, 0.3) is 0 Å². The molecule has 1 rings (SSSR count). The number of thiocarbonyl (C=S) groups is 1. The van der Waals surface area contributed by atoms with E-state index < -0.39 is 23.3 Å². The number of aliphatic imine (C=N–C) groups is 1. The molecule has 0 atom stereocenters. The molecule has 134 valence electrons. The molecule has 0 radical (unpaired) electrons. The minimum absolute atomic E-state index is 0.0451. The number of nitrogens with one attached hydrogen (secondary N) is 1. The highest BCUT2D eigenvalue weighted by Gasteiger charge is 2.21. The third kappa shape index (κ3) is 6.72. The van der Waals surface area contributed by atoms with Gasteiger partial charge in [0.05, 0.1) is 13.2 Å². The van der Waals surface area contributed by atoms with Crippen molar-refractivity contribution in [3.63, 3.8) is 0 Å². The van der Waals surface area contributed by atoms with E-state index in [0.29, 0.717) is 0 Å². The molecule has 0 unspecified atom stereocenters. The third-order valence-corrected chi connectivity index (χ3v) is 3.01. The predicted molar refractivity (Wildman–Crippen MR) is 98.8 cm³/mol. The molecule has 1 aromatic carbocycles. The van der Waals surface area contributed by atoms with Crippen molar-refractivity contribution in [3.05, 3.63) is 41.2 Å². The molecule has 2 N–H and O–H groups in total. The summed E-state index contributed by atoms with van der Waals surface area (Å²) in [6.45, 7) is 5.21. The van der Waals surface area contributed by atoms with Crippen molar-refractivity contribution >= 4 is 41.2 Å². The first kappa shape index (κ1) is 20.3. The second kappa shape index (κ2) is 10.2. The van der Waals surface area contributed by atoms with Crippen LogP contribution in [0.15, 0.2) is 40.6 Å². The molecule has 0 bridgehead atoms. The van der Waals surface area contributed by atoms with Gasteiger partial charge in [-0.3, -0.25) is 0 Å². The van der Waals surface area contributed by atoms with Gasteiger partial charge in [-0.1, -0.05) is 12.1 Å². The van der Waals surface area contributed by atoms with Crippen LogP contribution in [0.2, 0.25) is 0 Å². The van der Waals surface area contributed by atoms with Crippen molar-refractivity contribution in [2.45, 2.75) is 20.8 Å². The summed E-state index contributed by atoms with van der Waals surface area (Å²) in [5.41, 5.74) is 1.32.